The van der Waals surface area contributed by atoms with Gasteiger partial charge in [0.25, 0.3) is 11.5 Å². The van der Waals surface area contributed by atoms with E-state index in [1.54, 1.807) is 19.4 Å². The Kier molecular flexibility index (Phi) is 4.29. The van der Waals surface area contributed by atoms with Crippen molar-refractivity contribution in [1.29, 1.82) is 0 Å². The van der Waals surface area contributed by atoms with Gasteiger partial charge < -0.3 is 4.90 Å². The molecule has 0 bridgehead atoms. The van der Waals surface area contributed by atoms with Crippen LogP contribution in [0.5, 0.6) is 0 Å². The predicted octanol–water partition coefficient (Wildman–Crippen LogP) is 0.649. The molecule has 1 N–H and O–H groups in total. The quantitative estimate of drug-likeness (QED) is 0.868. The van der Waals surface area contributed by atoms with Gasteiger partial charge in [-0.2, -0.15) is 10.2 Å². The van der Waals surface area contributed by atoms with Crippen molar-refractivity contribution in [2.24, 2.45) is 0 Å². The van der Waals surface area contributed by atoms with Crippen molar-refractivity contribution in [3.05, 3.63) is 46.1 Å². The van der Waals surface area contributed by atoms with E-state index in [1.165, 1.54) is 21.7 Å². The summed E-state index contributed by atoms with van der Waals surface area (Å²) in [6, 6.07) is 2.84. The number of aromatic amines is 1. The summed E-state index contributed by atoms with van der Waals surface area (Å²) in [5, 5.41) is 10.6. The number of aryl methyl sites for hydroxylation is 1. The van der Waals surface area contributed by atoms with Crippen molar-refractivity contribution in [2.45, 2.75) is 26.4 Å². The molecule has 0 fully saturated rings. The number of carbonyl (C=O) groups excluding carboxylic acids is 1. The molecule has 2 rings (SSSR count). The van der Waals surface area contributed by atoms with Gasteiger partial charge in [0, 0.05) is 38.0 Å². The summed E-state index contributed by atoms with van der Waals surface area (Å²) in [4.78, 5) is 25.4. The maximum atomic E-state index is 12.3. The van der Waals surface area contributed by atoms with Gasteiger partial charge in [-0.05, 0) is 12.5 Å². The van der Waals surface area contributed by atoms with Crippen molar-refractivity contribution in [2.75, 3.05) is 7.05 Å². The first-order chi connectivity index (χ1) is 9.61. The average molecular weight is 275 g/mol. The zero-order valence-corrected chi connectivity index (χ0v) is 11.5. The molecule has 0 saturated heterocycles. The lowest BCUT2D eigenvalue weighted by Gasteiger charge is -2.16. The molecule has 0 aliphatic heterocycles. The molecule has 1 amide bonds. The first kappa shape index (κ1) is 14.0. The lowest BCUT2D eigenvalue weighted by atomic mass is 10.3. The molecule has 0 saturated carbocycles. The fourth-order valence-corrected chi connectivity index (χ4v) is 1.84. The number of hydrogen-bond donors (Lipinski definition) is 1. The topological polar surface area (TPSA) is 83.9 Å². The van der Waals surface area contributed by atoms with Gasteiger partial charge in [0.1, 0.15) is 5.69 Å². The number of H-pyrrole nitrogens is 1. The van der Waals surface area contributed by atoms with E-state index in [0.717, 1.165) is 12.0 Å². The fourth-order valence-electron chi connectivity index (χ4n) is 1.84. The van der Waals surface area contributed by atoms with Crippen LogP contribution in [0.15, 0.2) is 29.3 Å². The monoisotopic (exact) mass is 275 g/mol. The number of carbonyl (C=O) groups is 1. The first-order valence-corrected chi connectivity index (χ1v) is 6.43. The van der Waals surface area contributed by atoms with E-state index in [2.05, 4.69) is 15.3 Å². The third kappa shape index (κ3) is 3.11. The minimum Gasteiger partial charge on any atom is -0.336 e. The highest BCUT2D eigenvalue weighted by Crippen LogP contribution is 2.04. The Balaban J connectivity index is 2.16. The van der Waals surface area contributed by atoms with Gasteiger partial charge in [-0.25, -0.2) is 4.68 Å². The number of nitrogens with one attached hydrogen (secondary N) is 1. The highest BCUT2D eigenvalue weighted by molar-refractivity contribution is 5.91. The minimum absolute atomic E-state index is 0.194. The third-order valence-electron chi connectivity index (χ3n) is 2.84. The maximum absolute atomic E-state index is 12.3. The van der Waals surface area contributed by atoms with Crippen LogP contribution >= 0.6 is 0 Å². The van der Waals surface area contributed by atoms with E-state index >= 15 is 0 Å². The predicted molar refractivity (Wildman–Crippen MR) is 73.2 cm³/mol. The fraction of sp³-hybridized carbons (Fsp3) is 0.385. The van der Waals surface area contributed by atoms with Crippen LogP contribution in [-0.4, -0.2) is 37.8 Å². The molecular weight excluding hydrogens is 258 g/mol. The van der Waals surface area contributed by atoms with Crippen molar-refractivity contribution in [3.8, 4) is 0 Å². The van der Waals surface area contributed by atoms with Crippen molar-refractivity contribution in [1.82, 2.24) is 24.9 Å². The second-order valence-corrected chi connectivity index (χ2v) is 4.55. The van der Waals surface area contributed by atoms with Crippen molar-refractivity contribution < 1.29 is 4.79 Å². The molecule has 106 valence electrons. The van der Waals surface area contributed by atoms with E-state index in [4.69, 9.17) is 0 Å². The zero-order chi connectivity index (χ0) is 14.5. The Hall–Kier alpha value is -2.44. The summed E-state index contributed by atoms with van der Waals surface area (Å²) in [5.41, 5.74) is 0.979. The molecule has 2 aromatic rings. The number of rotatable bonds is 5. The molecule has 0 aliphatic rings. The Labute approximate surface area is 116 Å². The molecule has 2 aromatic heterocycles. The lowest BCUT2D eigenvalue weighted by molar-refractivity contribution is 0.0776. The lowest BCUT2D eigenvalue weighted by Crippen LogP contribution is -2.30. The molecule has 20 heavy (non-hydrogen) atoms. The summed E-state index contributed by atoms with van der Waals surface area (Å²) in [7, 11) is 1.69. The van der Waals surface area contributed by atoms with E-state index in [-0.39, 0.29) is 17.2 Å². The van der Waals surface area contributed by atoms with Crippen LogP contribution in [0.25, 0.3) is 0 Å². The molecular formula is C13H17N5O2. The van der Waals surface area contributed by atoms with Crippen LogP contribution in [0, 0.1) is 0 Å². The van der Waals surface area contributed by atoms with Gasteiger partial charge >= 0.3 is 0 Å². The molecule has 0 aliphatic carbocycles. The second kappa shape index (κ2) is 6.14. The molecule has 0 unspecified atom stereocenters. The standard InChI is InChI=1S/C13H17N5O2/c1-3-6-18-12(19)5-4-11(16-18)13(20)17(2)9-10-7-14-15-8-10/h4-5,7-8H,3,6,9H2,1-2H3,(H,14,15). The summed E-state index contributed by atoms with van der Waals surface area (Å²) in [6.07, 6.45) is 4.18. The summed E-state index contributed by atoms with van der Waals surface area (Å²) >= 11 is 0. The maximum Gasteiger partial charge on any atom is 0.274 e. The Bertz CT molecular complexity index is 632. The molecule has 0 radical (unpaired) electrons. The highest BCUT2D eigenvalue weighted by atomic mass is 16.2. The normalized spacial score (nSPS) is 10.5. The van der Waals surface area contributed by atoms with E-state index in [0.29, 0.717) is 13.1 Å². The number of nitrogens with zero attached hydrogens (tertiary/aromatic N) is 4. The highest BCUT2D eigenvalue weighted by Gasteiger charge is 2.15. The van der Waals surface area contributed by atoms with Crippen LogP contribution in [0.3, 0.4) is 0 Å². The van der Waals surface area contributed by atoms with Crippen molar-refractivity contribution in [3.63, 3.8) is 0 Å². The SMILES string of the molecule is CCCn1nc(C(=O)N(C)Cc2cn[nH]c2)ccc1=O. The average Bonchev–Trinajstić information content (AvgIpc) is 2.93. The van der Waals surface area contributed by atoms with Gasteiger partial charge in [0.05, 0.1) is 6.20 Å². The van der Waals surface area contributed by atoms with Crippen LogP contribution in [0.4, 0.5) is 0 Å². The number of aromatic nitrogens is 4. The van der Waals surface area contributed by atoms with Gasteiger partial charge in [-0.15, -0.1) is 0 Å². The molecule has 0 aromatic carbocycles. The smallest absolute Gasteiger partial charge is 0.274 e. The summed E-state index contributed by atoms with van der Waals surface area (Å²) < 4.78 is 1.32. The third-order valence-corrected chi connectivity index (χ3v) is 2.84. The Morgan fingerprint density at radius 3 is 2.90 bits per heavy atom. The first-order valence-electron chi connectivity index (χ1n) is 6.43. The zero-order valence-electron chi connectivity index (χ0n) is 11.5. The van der Waals surface area contributed by atoms with E-state index in [1.807, 2.05) is 6.92 Å². The van der Waals surface area contributed by atoms with Crippen molar-refractivity contribution >= 4 is 5.91 Å². The molecule has 7 nitrogen and oxygen atoms in total. The largest absolute Gasteiger partial charge is 0.336 e. The van der Waals surface area contributed by atoms with E-state index < -0.39 is 0 Å². The van der Waals surface area contributed by atoms with Crippen LogP contribution in [-0.2, 0) is 13.1 Å². The summed E-state index contributed by atoms with van der Waals surface area (Å²) in [6.45, 7) is 2.89. The van der Waals surface area contributed by atoms with Crippen LogP contribution in [0.2, 0.25) is 0 Å². The summed E-state index contributed by atoms with van der Waals surface area (Å²) in [5.74, 6) is -0.226. The van der Waals surface area contributed by atoms with Gasteiger partial charge in [-0.3, -0.25) is 14.7 Å². The number of hydrogen-bond acceptors (Lipinski definition) is 4. The van der Waals surface area contributed by atoms with Crippen LogP contribution < -0.4 is 5.56 Å². The molecule has 2 heterocycles. The van der Waals surface area contributed by atoms with Gasteiger partial charge in [0.15, 0.2) is 0 Å². The molecule has 7 heteroatoms. The van der Waals surface area contributed by atoms with E-state index in [9.17, 15) is 9.59 Å². The molecule has 0 spiro atoms. The van der Waals surface area contributed by atoms with Gasteiger partial charge in [-0.1, -0.05) is 6.92 Å². The minimum atomic E-state index is -0.226. The van der Waals surface area contributed by atoms with Crippen LogP contribution in [0.1, 0.15) is 29.4 Å². The Morgan fingerprint density at radius 2 is 2.25 bits per heavy atom. The molecule has 0 atom stereocenters. The second-order valence-electron chi connectivity index (χ2n) is 4.55. The van der Waals surface area contributed by atoms with Gasteiger partial charge in [0.2, 0.25) is 0 Å². The Morgan fingerprint density at radius 1 is 1.45 bits per heavy atom. The number of amides is 1.